The Morgan fingerprint density at radius 1 is 1.09 bits per heavy atom. The predicted octanol–water partition coefficient (Wildman–Crippen LogP) is 5.31. The summed E-state index contributed by atoms with van der Waals surface area (Å²) >= 11 is 0. The molecule has 2 nitrogen and oxygen atoms in total. The maximum absolute atomic E-state index is 12.1. The van der Waals surface area contributed by atoms with E-state index >= 15 is 0 Å². The monoisotopic (exact) mass is 312 g/mol. The second-order valence-corrected chi connectivity index (χ2v) is 7.46. The Morgan fingerprint density at radius 2 is 1.87 bits per heavy atom. The minimum absolute atomic E-state index is 0.271. The van der Waals surface area contributed by atoms with E-state index in [2.05, 4.69) is 19.1 Å². The van der Waals surface area contributed by atoms with E-state index < -0.39 is 0 Å². The molecule has 0 radical (unpaired) electrons. The Morgan fingerprint density at radius 3 is 2.61 bits per heavy atom. The summed E-state index contributed by atoms with van der Waals surface area (Å²) in [7, 11) is 0. The van der Waals surface area contributed by atoms with Crippen molar-refractivity contribution in [2.24, 2.45) is 11.8 Å². The lowest BCUT2D eigenvalue weighted by molar-refractivity contribution is -0.123. The largest absolute Gasteiger partial charge is 0.300 e. The van der Waals surface area contributed by atoms with Crippen LogP contribution >= 0.6 is 0 Å². The highest BCUT2D eigenvalue weighted by Gasteiger charge is 2.35. The highest BCUT2D eigenvalue weighted by molar-refractivity contribution is 5.96. The molecule has 0 aliphatic heterocycles. The lowest BCUT2D eigenvalue weighted by Crippen LogP contribution is -2.30. The quantitative estimate of drug-likeness (QED) is 0.690. The zero-order chi connectivity index (χ0) is 16.2. The SMILES string of the molecule is CCCCC(=O)c1ccc([C@@H]2CC[C@H]3CC(=O)CC[C@@H]3C2)cc1. The molecule has 3 atom stereocenters. The summed E-state index contributed by atoms with van der Waals surface area (Å²) in [6, 6.07) is 8.37. The molecule has 0 aromatic heterocycles. The normalized spacial score (nSPS) is 27.5. The van der Waals surface area contributed by atoms with E-state index in [0.29, 0.717) is 24.0 Å². The lowest BCUT2D eigenvalue weighted by atomic mass is 9.66. The Labute approximate surface area is 139 Å². The molecule has 2 saturated carbocycles. The highest BCUT2D eigenvalue weighted by Crippen LogP contribution is 2.45. The number of rotatable bonds is 5. The van der Waals surface area contributed by atoms with E-state index in [1.807, 2.05) is 12.1 Å². The van der Waals surface area contributed by atoms with Crippen LogP contribution in [0, 0.1) is 11.8 Å². The molecule has 2 aliphatic rings. The van der Waals surface area contributed by atoms with E-state index in [4.69, 9.17) is 0 Å². The van der Waals surface area contributed by atoms with Gasteiger partial charge in [0.1, 0.15) is 5.78 Å². The average molecular weight is 312 g/mol. The van der Waals surface area contributed by atoms with Crippen molar-refractivity contribution in [1.29, 1.82) is 0 Å². The number of carbonyl (C=O) groups is 2. The number of hydrogen-bond donors (Lipinski definition) is 0. The van der Waals surface area contributed by atoms with Gasteiger partial charge in [-0.25, -0.2) is 0 Å². The second kappa shape index (κ2) is 7.42. The average Bonchev–Trinajstić information content (AvgIpc) is 2.59. The first-order valence-electron chi connectivity index (χ1n) is 9.32. The number of ketones is 2. The molecule has 1 aromatic carbocycles. The fourth-order valence-electron chi connectivity index (χ4n) is 4.42. The van der Waals surface area contributed by atoms with Gasteiger partial charge in [-0.1, -0.05) is 37.6 Å². The summed E-state index contributed by atoms with van der Waals surface area (Å²) in [4.78, 5) is 23.7. The summed E-state index contributed by atoms with van der Waals surface area (Å²) in [6.07, 6.45) is 9.02. The number of hydrogen-bond acceptors (Lipinski definition) is 2. The van der Waals surface area contributed by atoms with Crippen LogP contribution in [0.15, 0.2) is 24.3 Å². The van der Waals surface area contributed by atoms with Crippen LogP contribution in [-0.2, 0) is 4.79 Å². The molecule has 1 aromatic rings. The van der Waals surface area contributed by atoms with E-state index in [-0.39, 0.29) is 5.78 Å². The van der Waals surface area contributed by atoms with Crippen molar-refractivity contribution in [3.63, 3.8) is 0 Å². The Kier molecular flexibility index (Phi) is 5.30. The van der Waals surface area contributed by atoms with Crippen molar-refractivity contribution in [3.05, 3.63) is 35.4 Å². The smallest absolute Gasteiger partial charge is 0.162 e. The van der Waals surface area contributed by atoms with Gasteiger partial charge in [-0.3, -0.25) is 9.59 Å². The first-order chi connectivity index (χ1) is 11.2. The third-order valence-corrected chi connectivity index (χ3v) is 5.89. The number of benzene rings is 1. The number of unbranched alkanes of at least 4 members (excludes halogenated alkanes) is 1. The van der Waals surface area contributed by atoms with Crippen molar-refractivity contribution >= 4 is 11.6 Å². The van der Waals surface area contributed by atoms with Gasteiger partial charge in [-0.15, -0.1) is 0 Å². The number of fused-ring (bicyclic) bond motifs is 1. The summed E-state index contributed by atoms with van der Waals surface area (Å²) in [5.74, 6) is 2.73. The van der Waals surface area contributed by atoms with Crippen molar-refractivity contribution in [3.8, 4) is 0 Å². The van der Waals surface area contributed by atoms with Crippen LogP contribution in [0.4, 0.5) is 0 Å². The van der Waals surface area contributed by atoms with Gasteiger partial charge in [0.25, 0.3) is 0 Å². The van der Waals surface area contributed by atoms with Gasteiger partial charge in [-0.2, -0.15) is 0 Å². The second-order valence-electron chi connectivity index (χ2n) is 7.46. The molecule has 3 rings (SSSR count). The van der Waals surface area contributed by atoms with E-state index in [1.54, 1.807) is 0 Å². The van der Waals surface area contributed by atoms with E-state index in [1.165, 1.54) is 24.8 Å². The summed E-state index contributed by atoms with van der Waals surface area (Å²) in [5, 5.41) is 0. The van der Waals surface area contributed by atoms with Crippen molar-refractivity contribution < 1.29 is 9.59 Å². The lowest BCUT2D eigenvalue weighted by Gasteiger charge is -2.39. The highest BCUT2D eigenvalue weighted by atomic mass is 16.1. The molecule has 0 unspecified atom stereocenters. The van der Waals surface area contributed by atoms with Gasteiger partial charge >= 0.3 is 0 Å². The van der Waals surface area contributed by atoms with Gasteiger partial charge in [0.05, 0.1) is 0 Å². The minimum Gasteiger partial charge on any atom is -0.300 e. The van der Waals surface area contributed by atoms with Crippen LogP contribution in [0.5, 0.6) is 0 Å². The van der Waals surface area contributed by atoms with Crippen molar-refractivity contribution in [1.82, 2.24) is 0 Å². The minimum atomic E-state index is 0.271. The van der Waals surface area contributed by atoms with Crippen LogP contribution in [0.1, 0.15) is 86.6 Å². The topological polar surface area (TPSA) is 34.1 Å². The Balaban J connectivity index is 1.61. The van der Waals surface area contributed by atoms with E-state index in [0.717, 1.165) is 43.6 Å². The van der Waals surface area contributed by atoms with Gasteiger partial charge < -0.3 is 0 Å². The molecule has 0 heterocycles. The molecule has 0 bridgehead atoms. The molecule has 0 N–H and O–H groups in total. The molecule has 23 heavy (non-hydrogen) atoms. The van der Waals surface area contributed by atoms with Gasteiger partial charge in [0.15, 0.2) is 5.78 Å². The molecule has 0 spiro atoms. The molecule has 124 valence electrons. The Hall–Kier alpha value is -1.44. The molecule has 0 saturated heterocycles. The maximum Gasteiger partial charge on any atom is 0.162 e. The standard InChI is InChI=1S/C21H28O2/c1-2-3-4-21(23)16-7-5-15(6-8-16)17-9-10-19-14-20(22)12-11-18(19)13-17/h5-8,17-19H,2-4,9-14H2,1H3/t17-,18-,19+/m1/s1. The van der Waals surface area contributed by atoms with Gasteiger partial charge in [0.2, 0.25) is 0 Å². The van der Waals surface area contributed by atoms with Crippen LogP contribution in [0.3, 0.4) is 0 Å². The van der Waals surface area contributed by atoms with Crippen LogP contribution in [-0.4, -0.2) is 11.6 Å². The van der Waals surface area contributed by atoms with E-state index in [9.17, 15) is 9.59 Å². The first-order valence-corrected chi connectivity index (χ1v) is 9.32. The maximum atomic E-state index is 12.1. The van der Waals surface area contributed by atoms with Crippen molar-refractivity contribution in [2.75, 3.05) is 0 Å². The van der Waals surface area contributed by atoms with Crippen LogP contribution < -0.4 is 0 Å². The summed E-state index contributed by atoms with van der Waals surface area (Å²) in [5.41, 5.74) is 2.24. The number of carbonyl (C=O) groups excluding carboxylic acids is 2. The molecular weight excluding hydrogens is 284 g/mol. The third kappa shape index (κ3) is 3.91. The molecule has 2 aliphatic carbocycles. The number of Topliss-reactive ketones (excluding diaryl/α,β-unsaturated/α-hetero) is 2. The third-order valence-electron chi connectivity index (χ3n) is 5.89. The first kappa shape index (κ1) is 16.4. The predicted molar refractivity (Wildman–Crippen MR) is 92.7 cm³/mol. The summed E-state index contributed by atoms with van der Waals surface area (Å²) in [6.45, 7) is 2.12. The molecular formula is C21H28O2. The molecule has 2 fully saturated rings. The van der Waals surface area contributed by atoms with Crippen LogP contribution in [0.25, 0.3) is 0 Å². The fraction of sp³-hybridized carbons (Fsp3) is 0.619. The van der Waals surface area contributed by atoms with Crippen molar-refractivity contribution in [2.45, 2.75) is 70.6 Å². The Bertz CT molecular complexity index is 558. The van der Waals surface area contributed by atoms with Crippen LogP contribution in [0.2, 0.25) is 0 Å². The molecule has 0 amide bonds. The molecule has 2 heteroatoms. The van der Waals surface area contributed by atoms with Gasteiger partial charge in [0, 0.05) is 24.8 Å². The fourth-order valence-corrected chi connectivity index (χ4v) is 4.42. The summed E-state index contributed by atoms with van der Waals surface area (Å²) < 4.78 is 0. The zero-order valence-corrected chi connectivity index (χ0v) is 14.2. The zero-order valence-electron chi connectivity index (χ0n) is 14.2. The van der Waals surface area contributed by atoms with Gasteiger partial charge in [-0.05, 0) is 55.4 Å².